The fourth-order valence-corrected chi connectivity index (χ4v) is 4.22. The van der Waals surface area contributed by atoms with Crippen molar-refractivity contribution in [3.05, 3.63) is 51.0 Å². The van der Waals surface area contributed by atoms with Gasteiger partial charge in [-0.05, 0) is 24.6 Å². The highest BCUT2D eigenvalue weighted by Gasteiger charge is 2.62. The Morgan fingerprint density at radius 1 is 1.15 bits per heavy atom. The molecular formula is C22H23BrN2O8. The summed E-state index contributed by atoms with van der Waals surface area (Å²) in [4.78, 5) is 52.0. The lowest BCUT2D eigenvalue weighted by atomic mass is 9.67. The van der Waals surface area contributed by atoms with Crippen molar-refractivity contribution in [2.24, 2.45) is 5.73 Å². The van der Waals surface area contributed by atoms with Crippen LogP contribution in [0.15, 0.2) is 45.5 Å². The molecule has 1 spiro atoms. The third kappa shape index (κ3) is 4.08. The van der Waals surface area contributed by atoms with Gasteiger partial charge in [-0.3, -0.25) is 9.59 Å². The van der Waals surface area contributed by atoms with Gasteiger partial charge in [-0.15, -0.1) is 0 Å². The van der Waals surface area contributed by atoms with Crippen LogP contribution < -0.4 is 11.1 Å². The number of ether oxygens (including phenoxy) is 4. The Hall–Kier alpha value is -3.34. The summed E-state index contributed by atoms with van der Waals surface area (Å²) < 4.78 is 21.1. The first kappa shape index (κ1) is 24.3. The topological polar surface area (TPSA) is 143 Å². The van der Waals surface area contributed by atoms with Crippen molar-refractivity contribution < 1.29 is 38.1 Å². The SMILES string of the molecule is CCCCOC(=O)C1=C(N)OC(CC(=O)OC)=C(C(=O)OC)[C@@]12C(=O)Nc1ccc(Br)cc12. The summed E-state index contributed by atoms with van der Waals surface area (Å²) in [7, 11) is 2.26. The Morgan fingerprint density at radius 2 is 1.88 bits per heavy atom. The Kier molecular flexibility index (Phi) is 7.11. The number of carbonyl (C=O) groups excluding carboxylic acids is 4. The number of nitrogens with two attached hydrogens (primary N) is 1. The maximum atomic E-state index is 13.6. The van der Waals surface area contributed by atoms with Gasteiger partial charge in [0.05, 0.1) is 20.8 Å². The van der Waals surface area contributed by atoms with Gasteiger partial charge in [-0.2, -0.15) is 0 Å². The predicted octanol–water partition coefficient (Wildman–Crippen LogP) is 2.17. The van der Waals surface area contributed by atoms with E-state index in [1.165, 1.54) is 0 Å². The van der Waals surface area contributed by atoms with E-state index < -0.39 is 41.5 Å². The monoisotopic (exact) mass is 522 g/mol. The number of anilines is 1. The minimum Gasteiger partial charge on any atom is -0.469 e. The summed E-state index contributed by atoms with van der Waals surface area (Å²) in [6.07, 6.45) is 0.808. The molecule has 3 N–H and O–H groups in total. The van der Waals surface area contributed by atoms with Crippen molar-refractivity contribution in [2.45, 2.75) is 31.6 Å². The molecule has 33 heavy (non-hydrogen) atoms. The van der Waals surface area contributed by atoms with Gasteiger partial charge in [0.2, 0.25) is 11.8 Å². The van der Waals surface area contributed by atoms with Gasteiger partial charge in [-0.1, -0.05) is 29.3 Å². The Bertz CT molecular complexity index is 1090. The molecule has 0 unspecified atom stereocenters. The third-order valence-corrected chi connectivity index (χ3v) is 5.83. The van der Waals surface area contributed by atoms with Gasteiger partial charge in [0.25, 0.3) is 0 Å². The largest absolute Gasteiger partial charge is 0.469 e. The smallest absolute Gasteiger partial charge is 0.341 e. The first-order chi connectivity index (χ1) is 15.7. The van der Waals surface area contributed by atoms with Crippen molar-refractivity contribution >= 4 is 45.4 Å². The highest BCUT2D eigenvalue weighted by Crippen LogP contribution is 2.53. The van der Waals surface area contributed by atoms with Crippen molar-refractivity contribution in [1.82, 2.24) is 0 Å². The molecule has 0 fully saturated rings. The first-order valence-electron chi connectivity index (χ1n) is 10.1. The van der Waals surface area contributed by atoms with Crippen LogP contribution in [0.2, 0.25) is 0 Å². The Morgan fingerprint density at radius 3 is 2.52 bits per heavy atom. The van der Waals surface area contributed by atoms with Gasteiger partial charge in [0.1, 0.15) is 28.7 Å². The maximum absolute atomic E-state index is 13.6. The van der Waals surface area contributed by atoms with E-state index in [-0.39, 0.29) is 29.1 Å². The standard InChI is InChI=1S/C22H23BrN2O8/c1-4-5-8-32-20(28)17-18(24)33-14(10-15(26)30-2)16(19(27)31-3)22(17)12-9-11(23)6-7-13(12)25-21(22)29/h6-7,9H,4-5,8,10,24H2,1-3H3,(H,25,29)/t22-/m1/s1. The van der Waals surface area contributed by atoms with Crippen molar-refractivity contribution in [3.63, 3.8) is 0 Å². The molecular weight excluding hydrogens is 500 g/mol. The lowest BCUT2D eigenvalue weighted by Crippen LogP contribution is -2.49. The molecule has 0 radical (unpaired) electrons. The van der Waals surface area contributed by atoms with Crippen LogP contribution in [0.4, 0.5) is 5.69 Å². The average molecular weight is 523 g/mol. The highest BCUT2D eigenvalue weighted by molar-refractivity contribution is 9.10. The number of unbranched alkanes of at least 4 members (excludes halogenated alkanes) is 1. The fraction of sp³-hybridized carbons (Fsp3) is 0.364. The minimum atomic E-state index is -2.07. The van der Waals surface area contributed by atoms with Gasteiger partial charge in [0, 0.05) is 15.7 Å². The molecule has 10 nitrogen and oxygen atoms in total. The second-order valence-electron chi connectivity index (χ2n) is 7.27. The number of hydrogen-bond donors (Lipinski definition) is 2. The molecule has 0 saturated carbocycles. The highest BCUT2D eigenvalue weighted by atomic mass is 79.9. The first-order valence-corrected chi connectivity index (χ1v) is 10.9. The normalized spacial score (nSPS) is 19.1. The van der Waals surface area contributed by atoms with Gasteiger partial charge in [-0.25, -0.2) is 9.59 Å². The van der Waals surface area contributed by atoms with Gasteiger partial charge in [0.15, 0.2) is 0 Å². The molecule has 0 aliphatic carbocycles. The molecule has 2 aliphatic rings. The van der Waals surface area contributed by atoms with E-state index >= 15 is 0 Å². The zero-order valence-electron chi connectivity index (χ0n) is 18.3. The molecule has 0 aromatic heterocycles. The van der Waals surface area contributed by atoms with E-state index in [1.54, 1.807) is 18.2 Å². The van der Waals surface area contributed by atoms with E-state index in [1.807, 2.05) is 6.92 Å². The number of methoxy groups -OCH3 is 2. The molecule has 2 heterocycles. The lowest BCUT2D eigenvalue weighted by molar-refractivity contribution is -0.143. The summed E-state index contributed by atoms with van der Waals surface area (Å²) in [5.74, 6) is -4.14. The molecule has 11 heteroatoms. The molecule has 1 atom stereocenters. The number of halogens is 1. The van der Waals surface area contributed by atoms with E-state index in [2.05, 4.69) is 21.2 Å². The number of hydrogen-bond acceptors (Lipinski definition) is 9. The zero-order valence-corrected chi connectivity index (χ0v) is 19.9. The van der Waals surface area contributed by atoms with Crippen molar-refractivity contribution in [3.8, 4) is 0 Å². The average Bonchev–Trinajstić information content (AvgIpc) is 3.04. The third-order valence-electron chi connectivity index (χ3n) is 5.34. The van der Waals surface area contributed by atoms with E-state index in [9.17, 15) is 19.2 Å². The molecule has 1 aromatic rings. The van der Waals surface area contributed by atoms with Crippen molar-refractivity contribution in [2.75, 3.05) is 26.1 Å². The molecule has 1 amide bonds. The lowest BCUT2D eigenvalue weighted by Gasteiger charge is -2.36. The number of amides is 1. The van der Waals surface area contributed by atoms with Crippen LogP contribution in [0, 0.1) is 0 Å². The number of carbonyl (C=O) groups is 4. The predicted molar refractivity (Wildman–Crippen MR) is 118 cm³/mol. The molecule has 0 bridgehead atoms. The second-order valence-corrected chi connectivity index (χ2v) is 8.18. The Labute approximate surface area is 198 Å². The van der Waals surface area contributed by atoms with Crippen LogP contribution in [0.25, 0.3) is 0 Å². The molecule has 1 aromatic carbocycles. The van der Waals surface area contributed by atoms with E-state index in [0.717, 1.165) is 20.6 Å². The van der Waals surface area contributed by atoms with Crippen LogP contribution in [0.5, 0.6) is 0 Å². The Balaban J connectivity index is 2.35. The molecule has 0 saturated heterocycles. The number of rotatable bonds is 7. The van der Waals surface area contributed by atoms with Gasteiger partial charge >= 0.3 is 17.9 Å². The van der Waals surface area contributed by atoms with Crippen LogP contribution >= 0.6 is 15.9 Å². The summed E-state index contributed by atoms with van der Waals surface area (Å²) in [6, 6.07) is 4.86. The minimum absolute atomic E-state index is 0.0709. The summed E-state index contributed by atoms with van der Waals surface area (Å²) in [6.45, 7) is 1.99. The summed E-state index contributed by atoms with van der Waals surface area (Å²) >= 11 is 3.36. The van der Waals surface area contributed by atoms with Crippen LogP contribution in [0.1, 0.15) is 31.7 Å². The zero-order chi connectivity index (χ0) is 24.3. The number of esters is 3. The number of benzene rings is 1. The van der Waals surface area contributed by atoms with Crippen LogP contribution in [0.3, 0.4) is 0 Å². The fourth-order valence-electron chi connectivity index (χ4n) is 3.86. The summed E-state index contributed by atoms with van der Waals surface area (Å²) in [5, 5.41) is 2.68. The number of nitrogens with one attached hydrogen (secondary N) is 1. The quantitative estimate of drug-likeness (QED) is 0.312. The second kappa shape index (κ2) is 9.65. The van der Waals surface area contributed by atoms with E-state index in [0.29, 0.717) is 16.6 Å². The van der Waals surface area contributed by atoms with Crippen LogP contribution in [-0.2, 0) is 43.5 Å². The molecule has 3 rings (SSSR count). The number of fused-ring (bicyclic) bond motifs is 2. The molecule has 176 valence electrons. The maximum Gasteiger partial charge on any atom is 0.341 e. The van der Waals surface area contributed by atoms with Crippen molar-refractivity contribution in [1.29, 1.82) is 0 Å². The molecule has 2 aliphatic heterocycles. The van der Waals surface area contributed by atoms with E-state index in [4.69, 9.17) is 24.7 Å². The van der Waals surface area contributed by atoms with Gasteiger partial charge < -0.3 is 30.0 Å². The summed E-state index contributed by atoms with van der Waals surface area (Å²) in [5.41, 5.74) is 3.92. The van der Waals surface area contributed by atoms with Crippen LogP contribution in [-0.4, -0.2) is 44.6 Å².